The van der Waals surface area contributed by atoms with Gasteiger partial charge in [-0.1, -0.05) is 52.1 Å². The van der Waals surface area contributed by atoms with E-state index >= 15 is 0 Å². The molecule has 4 nitrogen and oxygen atoms in total. The zero-order chi connectivity index (χ0) is 18.8. The number of hydrogen-bond acceptors (Lipinski definition) is 4. The molecule has 8 heteroatoms. The Balaban J connectivity index is 4.23. The fourth-order valence-corrected chi connectivity index (χ4v) is 2.87. The molecule has 0 aliphatic heterocycles. The van der Waals surface area contributed by atoms with E-state index in [2.05, 4.69) is 51.3 Å². The molecule has 1 atom stereocenters. The number of carbonyl (C=O) groups is 1. The summed E-state index contributed by atoms with van der Waals surface area (Å²) in [6.45, 7) is 10.7. The molecule has 0 spiro atoms. The first kappa shape index (κ1) is 23.9. The molecule has 0 amide bonds. The number of nitrogens with one attached hydrogen (secondary N) is 1. The van der Waals surface area contributed by atoms with Gasteiger partial charge in [-0.15, -0.1) is 25.3 Å². The highest BCUT2D eigenvalue weighted by molar-refractivity contribution is 8.11. The predicted octanol–water partition coefficient (Wildman–Crippen LogP) is 3.70. The van der Waals surface area contributed by atoms with E-state index in [9.17, 15) is 4.79 Å². The predicted molar refractivity (Wildman–Crippen MR) is 116 cm³/mol. The largest absolute Gasteiger partial charge is 0.464 e. The van der Waals surface area contributed by atoms with Gasteiger partial charge in [0.15, 0.2) is 0 Å². The minimum absolute atomic E-state index is 0.0537. The Morgan fingerprint density at radius 2 is 1.88 bits per heavy atom. The van der Waals surface area contributed by atoms with Crippen molar-refractivity contribution in [3.63, 3.8) is 0 Å². The summed E-state index contributed by atoms with van der Waals surface area (Å²) in [4.78, 5) is 14.1. The van der Waals surface area contributed by atoms with Crippen molar-refractivity contribution in [1.29, 1.82) is 0 Å². The van der Waals surface area contributed by atoms with E-state index in [0.29, 0.717) is 21.8 Å². The quantitative estimate of drug-likeness (QED) is 0.221. The number of carbonyl (C=O) groups excluding carboxylic acids is 1. The molecule has 140 valence electrons. The molecule has 0 aromatic carbocycles. The van der Waals surface area contributed by atoms with Gasteiger partial charge in [-0.2, -0.15) is 0 Å². The van der Waals surface area contributed by atoms with Crippen LogP contribution in [0, 0.1) is 11.3 Å². The first-order valence-corrected chi connectivity index (χ1v) is 9.89. The lowest BCUT2D eigenvalue weighted by Crippen LogP contribution is -2.34. The summed E-state index contributed by atoms with van der Waals surface area (Å²) in [5.41, 5.74) is 0.110. The van der Waals surface area contributed by atoms with Gasteiger partial charge >= 0.3 is 5.97 Å². The molecule has 0 saturated heterocycles. The van der Waals surface area contributed by atoms with Crippen LogP contribution in [0.2, 0.25) is 0 Å². The second kappa shape index (κ2) is 12.3. The van der Waals surface area contributed by atoms with E-state index in [0.717, 1.165) is 32.4 Å². The lowest BCUT2D eigenvalue weighted by atomic mass is 9.83. The van der Waals surface area contributed by atoms with Crippen molar-refractivity contribution < 1.29 is 9.53 Å². The molecule has 1 N–H and O–H groups in total. The number of nitrogens with zero attached hydrogens (tertiary/aromatic N) is 1. The van der Waals surface area contributed by atoms with Crippen molar-refractivity contribution in [1.82, 2.24) is 10.2 Å². The topological polar surface area (TPSA) is 41.6 Å². The molecule has 0 radical (unpaired) electrons. The molecule has 0 fully saturated rings. The third kappa shape index (κ3) is 12.3. The maximum absolute atomic E-state index is 12.2. The Hall–Kier alpha value is -0.0500. The summed E-state index contributed by atoms with van der Waals surface area (Å²) in [5, 5.41) is 2.97. The normalized spacial score (nSPS) is 12.4. The van der Waals surface area contributed by atoms with Gasteiger partial charge in [-0.25, -0.2) is 0 Å². The highest BCUT2D eigenvalue weighted by Crippen LogP contribution is 2.27. The summed E-state index contributed by atoms with van der Waals surface area (Å²) in [5.74, 6) is -0.179. The van der Waals surface area contributed by atoms with Crippen LogP contribution in [0.1, 0.15) is 47.0 Å². The van der Waals surface area contributed by atoms with Gasteiger partial charge in [-0.3, -0.25) is 4.79 Å². The van der Waals surface area contributed by atoms with Gasteiger partial charge in [-0.05, 0) is 24.7 Å². The average molecular weight is 411 g/mol. The Kier molecular flexibility index (Phi) is 12.3. The van der Waals surface area contributed by atoms with E-state index in [1.54, 1.807) is 0 Å². The number of ether oxygens (including phenoxy) is 1. The first-order chi connectivity index (χ1) is 11.1. The standard InChI is InChI=1S/C16H30N2O2S4/c1-5-12(11-16(2,3)4)13(19)20-10-9-18(15(23)24)8-6-7-17-14(21)22/h12H,5-11H2,1-4H3,(H,23,24)(H2,17,21,22). The summed E-state index contributed by atoms with van der Waals surface area (Å²) >= 11 is 18.2. The first-order valence-electron chi connectivity index (χ1n) is 8.18. The van der Waals surface area contributed by atoms with Crippen LogP contribution in [0.5, 0.6) is 0 Å². The van der Waals surface area contributed by atoms with Gasteiger partial charge in [0, 0.05) is 13.1 Å². The molecule has 24 heavy (non-hydrogen) atoms. The lowest BCUT2D eigenvalue weighted by Gasteiger charge is -2.25. The fraction of sp³-hybridized carbons (Fsp3) is 0.812. The Morgan fingerprint density at radius 1 is 1.25 bits per heavy atom. The third-order valence-electron chi connectivity index (χ3n) is 3.44. The van der Waals surface area contributed by atoms with Crippen molar-refractivity contribution >= 4 is 64.3 Å². The van der Waals surface area contributed by atoms with Crippen LogP contribution in [0.4, 0.5) is 0 Å². The average Bonchev–Trinajstić information content (AvgIpc) is 2.45. The van der Waals surface area contributed by atoms with E-state index < -0.39 is 0 Å². The van der Waals surface area contributed by atoms with E-state index in [1.807, 2.05) is 11.8 Å². The zero-order valence-electron chi connectivity index (χ0n) is 15.0. The maximum Gasteiger partial charge on any atom is 0.309 e. The van der Waals surface area contributed by atoms with Crippen LogP contribution < -0.4 is 5.32 Å². The Morgan fingerprint density at radius 3 is 2.33 bits per heavy atom. The van der Waals surface area contributed by atoms with Crippen molar-refractivity contribution in [2.45, 2.75) is 47.0 Å². The number of hydrogen-bond donors (Lipinski definition) is 3. The summed E-state index contributed by atoms with van der Waals surface area (Å²) < 4.78 is 6.42. The molecule has 0 heterocycles. The SMILES string of the molecule is CCC(CC(C)(C)C)C(=O)OCCN(CCCNC(=S)S)C(=S)S. The molecule has 0 aromatic heterocycles. The van der Waals surface area contributed by atoms with Crippen molar-refractivity contribution in [2.24, 2.45) is 11.3 Å². The second-order valence-corrected chi connectivity index (χ2v) is 9.16. The van der Waals surface area contributed by atoms with Crippen LogP contribution in [0.25, 0.3) is 0 Å². The monoisotopic (exact) mass is 410 g/mol. The number of esters is 1. The molecule has 0 aliphatic carbocycles. The van der Waals surface area contributed by atoms with Crippen molar-refractivity contribution in [2.75, 3.05) is 26.2 Å². The van der Waals surface area contributed by atoms with E-state index in [1.165, 1.54) is 0 Å². The zero-order valence-corrected chi connectivity index (χ0v) is 18.4. The highest BCUT2D eigenvalue weighted by Gasteiger charge is 2.24. The fourth-order valence-electron chi connectivity index (χ4n) is 2.28. The van der Waals surface area contributed by atoms with Crippen LogP contribution in [0.15, 0.2) is 0 Å². The Labute approximate surface area is 168 Å². The van der Waals surface area contributed by atoms with Crippen LogP contribution >= 0.6 is 49.7 Å². The third-order valence-corrected chi connectivity index (χ3v) is 4.29. The number of thiol groups is 2. The lowest BCUT2D eigenvalue weighted by molar-refractivity contribution is -0.150. The van der Waals surface area contributed by atoms with Crippen molar-refractivity contribution in [3.05, 3.63) is 0 Å². The molecule has 0 saturated carbocycles. The summed E-state index contributed by atoms with van der Waals surface area (Å²) in [7, 11) is 0. The van der Waals surface area contributed by atoms with Gasteiger partial charge in [0.1, 0.15) is 15.2 Å². The maximum atomic E-state index is 12.2. The summed E-state index contributed by atoms with van der Waals surface area (Å²) in [6.07, 6.45) is 2.46. The van der Waals surface area contributed by atoms with E-state index in [4.69, 9.17) is 29.2 Å². The van der Waals surface area contributed by atoms with Gasteiger partial charge < -0.3 is 15.0 Å². The van der Waals surface area contributed by atoms with Crippen LogP contribution in [-0.2, 0) is 9.53 Å². The van der Waals surface area contributed by atoms with Gasteiger partial charge in [0.2, 0.25) is 0 Å². The highest BCUT2D eigenvalue weighted by atomic mass is 32.1. The second-order valence-electron chi connectivity index (χ2n) is 6.89. The molecular weight excluding hydrogens is 380 g/mol. The molecule has 1 unspecified atom stereocenters. The molecule has 0 aromatic rings. The minimum atomic E-state index is -0.125. The van der Waals surface area contributed by atoms with E-state index in [-0.39, 0.29) is 17.3 Å². The molecular formula is C16H30N2O2S4. The molecule has 0 bridgehead atoms. The van der Waals surface area contributed by atoms with Crippen molar-refractivity contribution in [3.8, 4) is 0 Å². The number of thiocarbonyl (C=S) groups is 2. The number of rotatable bonds is 10. The minimum Gasteiger partial charge on any atom is -0.464 e. The van der Waals surface area contributed by atoms with Gasteiger partial charge in [0.05, 0.1) is 12.5 Å². The van der Waals surface area contributed by atoms with Crippen LogP contribution in [0.3, 0.4) is 0 Å². The van der Waals surface area contributed by atoms with Crippen LogP contribution in [-0.4, -0.2) is 45.8 Å². The Bertz CT molecular complexity index is 425. The van der Waals surface area contributed by atoms with Gasteiger partial charge in [0.25, 0.3) is 0 Å². The summed E-state index contributed by atoms with van der Waals surface area (Å²) in [6, 6.07) is 0. The smallest absolute Gasteiger partial charge is 0.309 e. The molecule has 0 aliphatic rings. The molecule has 0 rings (SSSR count).